The van der Waals surface area contributed by atoms with Crippen LogP contribution in [0.2, 0.25) is 0 Å². The van der Waals surface area contributed by atoms with Crippen molar-refractivity contribution in [1.82, 2.24) is 0 Å². The second kappa shape index (κ2) is 7.78. The van der Waals surface area contributed by atoms with Crippen molar-refractivity contribution in [2.45, 2.75) is 13.0 Å². The highest BCUT2D eigenvalue weighted by Crippen LogP contribution is 2.27. The van der Waals surface area contributed by atoms with Gasteiger partial charge < -0.3 is 4.74 Å². The van der Waals surface area contributed by atoms with Crippen LogP contribution in [0.1, 0.15) is 11.1 Å². The van der Waals surface area contributed by atoms with Crippen LogP contribution in [0.5, 0.6) is 5.75 Å². The molecule has 2 rings (SSSR count). The van der Waals surface area contributed by atoms with Crippen molar-refractivity contribution in [2.75, 3.05) is 13.3 Å². The van der Waals surface area contributed by atoms with Crippen LogP contribution in [0.15, 0.2) is 54.6 Å². The van der Waals surface area contributed by atoms with Gasteiger partial charge in [-0.3, -0.25) is 0 Å². The minimum absolute atomic E-state index is 0.391. The Kier molecular flexibility index (Phi) is 5.72. The molecule has 0 spiro atoms. The van der Waals surface area contributed by atoms with Gasteiger partial charge in [0.05, 0.1) is 7.11 Å². The third-order valence-corrected chi connectivity index (χ3v) is 3.98. The van der Waals surface area contributed by atoms with Gasteiger partial charge >= 0.3 is 8.03 Å². The summed E-state index contributed by atoms with van der Waals surface area (Å²) in [6.45, 7) is 0.391. The Hall–Kier alpha value is -1.70. The molecule has 2 aromatic carbocycles. The molecule has 0 aliphatic heterocycles. The molecule has 0 heterocycles. The monoisotopic (exact) mass is 289 g/mol. The molecule has 1 atom stereocenters. The molecule has 0 aromatic heterocycles. The molecule has 0 N–H and O–H groups in total. The number of aryl methyl sites for hydroxylation is 1. The van der Waals surface area contributed by atoms with E-state index in [-0.39, 0.29) is 0 Å². The maximum atomic E-state index is 11.9. The Morgan fingerprint density at radius 3 is 2.45 bits per heavy atom. The third-order valence-electron chi connectivity index (χ3n) is 2.97. The fourth-order valence-corrected chi connectivity index (χ4v) is 2.75. The summed E-state index contributed by atoms with van der Waals surface area (Å²) in [6.07, 6.45) is 1.19. The molecule has 20 heavy (non-hydrogen) atoms. The SMILES string of the molecule is COc1ccccc1CC[P+](=O)OCc1ccccc1. The first kappa shape index (κ1) is 14.7. The molecule has 0 aliphatic carbocycles. The number of benzene rings is 2. The Balaban J connectivity index is 1.80. The van der Waals surface area contributed by atoms with Gasteiger partial charge in [0.1, 0.15) is 12.4 Å². The molecule has 0 radical (unpaired) electrons. The molecule has 4 heteroatoms. The maximum absolute atomic E-state index is 11.9. The highest BCUT2D eigenvalue weighted by atomic mass is 31.1. The second-order valence-electron chi connectivity index (χ2n) is 4.38. The average molecular weight is 289 g/mol. The number of hydrogen-bond acceptors (Lipinski definition) is 3. The summed E-state index contributed by atoms with van der Waals surface area (Å²) >= 11 is 0. The summed E-state index contributed by atoms with van der Waals surface area (Å²) < 4.78 is 22.5. The summed E-state index contributed by atoms with van der Waals surface area (Å²) in [5.41, 5.74) is 2.09. The van der Waals surface area contributed by atoms with Gasteiger partial charge in [-0.05, 0) is 21.8 Å². The van der Waals surface area contributed by atoms with Crippen LogP contribution in [0.4, 0.5) is 0 Å². The van der Waals surface area contributed by atoms with Crippen molar-refractivity contribution in [1.29, 1.82) is 0 Å². The molecule has 1 unspecified atom stereocenters. The molecule has 3 nitrogen and oxygen atoms in total. The van der Waals surface area contributed by atoms with Crippen LogP contribution < -0.4 is 4.74 Å². The third kappa shape index (κ3) is 4.44. The van der Waals surface area contributed by atoms with E-state index in [1.807, 2.05) is 54.6 Å². The van der Waals surface area contributed by atoms with E-state index in [9.17, 15) is 4.57 Å². The molecule has 104 valence electrons. The van der Waals surface area contributed by atoms with E-state index >= 15 is 0 Å². The van der Waals surface area contributed by atoms with Crippen molar-refractivity contribution in [3.8, 4) is 5.75 Å². The van der Waals surface area contributed by atoms with E-state index in [0.717, 1.165) is 16.9 Å². The lowest BCUT2D eigenvalue weighted by molar-refractivity contribution is 0.318. The van der Waals surface area contributed by atoms with Crippen molar-refractivity contribution >= 4 is 8.03 Å². The lowest BCUT2D eigenvalue weighted by Gasteiger charge is -2.04. The van der Waals surface area contributed by atoms with E-state index in [4.69, 9.17) is 9.26 Å². The van der Waals surface area contributed by atoms with Gasteiger partial charge in [-0.1, -0.05) is 48.5 Å². The summed E-state index contributed by atoms with van der Waals surface area (Å²) in [4.78, 5) is 0. The molecule has 0 fully saturated rings. The van der Waals surface area contributed by atoms with Crippen molar-refractivity contribution < 1.29 is 13.8 Å². The molecule has 0 saturated carbocycles. The molecular formula is C16H18O3P+. The first-order chi connectivity index (χ1) is 9.79. The minimum Gasteiger partial charge on any atom is -0.496 e. The number of hydrogen-bond donors (Lipinski definition) is 0. The lowest BCUT2D eigenvalue weighted by Crippen LogP contribution is -1.95. The summed E-state index contributed by atoms with van der Waals surface area (Å²) in [7, 11) is -0.00727. The topological polar surface area (TPSA) is 35.5 Å². The standard InChI is InChI=1S/C16H18O3P/c1-18-16-10-6-5-9-15(16)11-12-20(17)19-13-14-7-3-2-4-8-14/h2-10H,11-13H2,1H3/q+1. The average Bonchev–Trinajstić information content (AvgIpc) is 2.52. The second-order valence-corrected chi connectivity index (χ2v) is 5.75. The van der Waals surface area contributed by atoms with Crippen LogP contribution in [-0.2, 0) is 22.1 Å². The van der Waals surface area contributed by atoms with E-state index in [1.54, 1.807) is 7.11 Å². The maximum Gasteiger partial charge on any atom is 0.508 e. The van der Waals surface area contributed by atoms with Gasteiger partial charge in [0.25, 0.3) is 0 Å². The molecule has 0 bridgehead atoms. The Bertz CT molecular complexity index is 555. The van der Waals surface area contributed by atoms with E-state index in [0.29, 0.717) is 19.2 Å². The first-order valence-electron chi connectivity index (χ1n) is 6.53. The Morgan fingerprint density at radius 1 is 1.00 bits per heavy atom. The zero-order valence-electron chi connectivity index (χ0n) is 11.5. The number of para-hydroxylation sites is 1. The molecule has 0 saturated heterocycles. The minimum atomic E-state index is -1.65. The van der Waals surface area contributed by atoms with Gasteiger partial charge in [0.2, 0.25) is 0 Å². The molecule has 2 aromatic rings. The summed E-state index contributed by atoms with van der Waals surface area (Å²) in [5.74, 6) is 0.832. The first-order valence-corrected chi connectivity index (χ1v) is 7.89. The lowest BCUT2D eigenvalue weighted by atomic mass is 10.1. The smallest absolute Gasteiger partial charge is 0.496 e. The van der Waals surface area contributed by atoms with Crippen LogP contribution in [0.3, 0.4) is 0 Å². The van der Waals surface area contributed by atoms with Crippen LogP contribution >= 0.6 is 8.03 Å². The fourth-order valence-electron chi connectivity index (χ4n) is 1.91. The summed E-state index contributed by atoms with van der Waals surface area (Å²) in [5, 5.41) is 0. The normalized spacial score (nSPS) is 11.2. The predicted octanol–water partition coefficient (Wildman–Crippen LogP) is 4.20. The van der Waals surface area contributed by atoms with Crippen LogP contribution in [0, 0.1) is 0 Å². The van der Waals surface area contributed by atoms with Crippen molar-refractivity contribution in [3.63, 3.8) is 0 Å². The molecule has 0 aliphatic rings. The van der Waals surface area contributed by atoms with E-state index in [1.165, 1.54) is 0 Å². The Morgan fingerprint density at radius 2 is 1.70 bits per heavy atom. The number of ether oxygens (including phenoxy) is 1. The van der Waals surface area contributed by atoms with Crippen LogP contribution in [-0.4, -0.2) is 13.3 Å². The van der Waals surface area contributed by atoms with Crippen molar-refractivity contribution in [2.24, 2.45) is 0 Å². The van der Waals surface area contributed by atoms with Gasteiger partial charge in [-0.25, -0.2) is 0 Å². The van der Waals surface area contributed by atoms with Gasteiger partial charge in [0.15, 0.2) is 6.16 Å². The highest BCUT2D eigenvalue weighted by Gasteiger charge is 2.18. The number of rotatable bonds is 7. The van der Waals surface area contributed by atoms with Gasteiger partial charge in [-0.2, -0.15) is 0 Å². The zero-order valence-corrected chi connectivity index (χ0v) is 12.4. The number of methoxy groups -OCH3 is 1. The molecular weight excluding hydrogens is 271 g/mol. The van der Waals surface area contributed by atoms with E-state index in [2.05, 4.69) is 0 Å². The molecule has 0 amide bonds. The predicted molar refractivity (Wildman–Crippen MR) is 80.4 cm³/mol. The van der Waals surface area contributed by atoms with Gasteiger partial charge in [-0.15, -0.1) is 4.52 Å². The highest BCUT2D eigenvalue weighted by molar-refractivity contribution is 7.39. The zero-order chi connectivity index (χ0) is 14.2. The van der Waals surface area contributed by atoms with Crippen LogP contribution in [0.25, 0.3) is 0 Å². The largest absolute Gasteiger partial charge is 0.508 e. The van der Waals surface area contributed by atoms with Crippen molar-refractivity contribution in [3.05, 3.63) is 65.7 Å². The quantitative estimate of drug-likeness (QED) is 0.717. The Labute approximate surface area is 120 Å². The summed E-state index contributed by atoms with van der Waals surface area (Å²) in [6, 6.07) is 17.5. The fraction of sp³-hybridized carbons (Fsp3) is 0.250. The van der Waals surface area contributed by atoms with Gasteiger partial charge in [0, 0.05) is 6.42 Å². The van der Waals surface area contributed by atoms with E-state index < -0.39 is 8.03 Å².